The summed E-state index contributed by atoms with van der Waals surface area (Å²) < 4.78 is 12.1. The van der Waals surface area contributed by atoms with E-state index >= 15 is 0 Å². The Morgan fingerprint density at radius 3 is 2.75 bits per heavy atom. The normalized spacial score (nSPS) is 29.4. The Labute approximate surface area is 215 Å². The van der Waals surface area contributed by atoms with Crippen molar-refractivity contribution in [1.82, 2.24) is 15.0 Å². The third kappa shape index (κ3) is 3.68. The lowest BCUT2D eigenvalue weighted by molar-refractivity contribution is 0.0973. The minimum atomic E-state index is -0.152. The van der Waals surface area contributed by atoms with Gasteiger partial charge in [0, 0.05) is 37.3 Å². The van der Waals surface area contributed by atoms with Crippen LogP contribution >= 0.6 is 11.8 Å². The standard InChI is InChI=1S/C26H34N6O3S/c1-16-22(27)26(15-35-16)5-8-31(9-6-26)23-18(12-33)30-20(11-29-23)36-19-2-7-28-24-21(19)34-13-17-10-25(3-4-25)14-32(17)24/h2,7,11,16-17,22,33H,3-6,8-10,12-15,27H2,1H3/t16?,17-,22?/m0/s1. The lowest BCUT2D eigenvalue weighted by Crippen LogP contribution is -2.51. The number of aliphatic hydroxyl groups is 1. The molecule has 7 rings (SSSR count). The summed E-state index contributed by atoms with van der Waals surface area (Å²) in [6, 6.07) is 2.49. The molecule has 2 spiro atoms. The molecule has 1 saturated carbocycles. The van der Waals surface area contributed by atoms with Gasteiger partial charge >= 0.3 is 0 Å². The van der Waals surface area contributed by atoms with Crippen molar-refractivity contribution in [3.63, 3.8) is 0 Å². The Morgan fingerprint density at radius 1 is 1.19 bits per heavy atom. The molecule has 4 aliphatic heterocycles. The molecule has 192 valence electrons. The predicted octanol–water partition coefficient (Wildman–Crippen LogP) is 2.60. The number of hydrogen-bond acceptors (Lipinski definition) is 10. The van der Waals surface area contributed by atoms with E-state index < -0.39 is 0 Å². The van der Waals surface area contributed by atoms with Crippen molar-refractivity contribution >= 4 is 23.4 Å². The molecule has 1 aliphatic carbocycles. The topological polar surface area (TPSA) is 110 Å². The quantitative estimate of drug-likeness (QED) is 0.637. The fraction of sp³-hybridized carbons (Fsp3) is 0.654. The van der Waals surface area contributed by atoms with E-state index in [0.717, 1.165) is 66.4 Å². The molecule has 5 aliphatic rings. The highest BCUT2D eigenvalue weighted by molar-refractivity contribution is 7.99. The van der Waals surface area contributed by atoms with Crippen LogP contribution in [0.2, 0.25) is 0 Å². The molecule has 2 unspecified atom stereocenters. The van der Waals surface area contributed by atoms with Gasteiger partial charge in [-0.15, -0.1) is 0 Å². The lowest BCUT2D eigenvalue weighted by Gasteiger charge is -2.41. The number of fused-ring (bicyclic) bond motifs is 3. The van der Waals surface area contributed by atoms with Gasteiger partial charge in [0.2, 0.25) is 0 Å². The fourth-order valence-corrected chi connectivity index (χ4v) is 7.55. The number of nitrogens with two attached hydrogens (primary N) is 1. The zero-order valence-electron chi connectivity index (χ0n) is 20.7. The van der Waals surface area contributed by atoms with Crippen LogP contribution < -0.4 is 20.3 Å². The smallest absolute Gasteiger partial charge is 0.175 e. The SMILES string of the molecule is CC1OCC2(CCN(c3ncc(Sc4ccnc5c4OC[C@@H]4CC6(CC6)CN54)nc3CO)CC2)C1N. The molecular formula is C26H34N6O3S. The van der Waals surface area contributed by atoms with E-state index in [2.05, 4.69) is 16.7 Å². The van der Waals surface area contributed by atoms with Gasteiger partial charge in [0.15, 0.2) is 17.4 Å². The highest BCUT2D eigenvalue weighted by Gasteiger charge is 2.54. The van der Waals surface area contributed by atoms with Crippen molar-refractivity contribution in [3.05, 3.63) is 24.2 Å². The number of nitrogens with zero attached hydrogens (tertiary/aromatic N) is 5. The monoisotopic (exact) mass is 510 g/mol. The van der Waals surface area contributed by atoms with Gasteiger partial charge in [-0.25, -0.2) is 15.0 Å². The van der Waals surface area contributed by atoms with Gasteiger partial charge in [0.25, 0.3) is 0 Å². The second-order valence-corrected chi connectivity index (χ2v) is 12.5. The number of ether oxygens (including phenoxy) is 2. The molecular weight excluding hydrogens is 476 g/mol. The summed E-state index contributed by atoms with van der Waals surface area (Å²) in [6.07, 6.45) is 9.57. The maximum Gasteiger partial charge on any atom is 0.175 e. The van der Waals surface area contributed by atoms with E-state index in [0.29, 0.717) is 23.8 Å². The second-order valence-electron chi connectivity index (χ2n) is 11.4. The summed E-state index contributed by atoms with van der Waals surface area (Å²) in [7, 11) is 0. The summed E-state index contributed by atoms with van der Waals surface area (Å²) in [5.41, 5.74) is 7.64. The second kappa shape index (κ2) is 8.44. The molecule has 9 nitrogen and oxygen atoms in total. The Kier molecular flexibility index (Phi) is 5.40. The molecule has 0 amide bonds. The van der Waals surface area contributed by atoms with Crippen LogP contribution in [0.15, 0.2) is 28.4 Å². The number of anilines is 2. The zero-order chi connectivity index (χ0) is 24.5. The van der Waals surface area contributed by atoms with E-state index in [-0.39, 0.29) is 24.2 Å². The summed E-state index contributed by atoms with van der Waals surface area (Å²) in [6.45, 7) is 6.12. The number of aromatic nitrogens is 3. The van der Waals surface area contributed by atoms with Gasteiger partial charge in [-0.1, -0.05) is 11.8 Å². The molecule has 36 heavy (non-hydrogen) atoms. The summed E-state index contributed by atoms with van der Waals surface area (Å²) in [5.74, 6) is 2.57. The number of piperidine rings is 1. The van der Waals surface area contributed by atoms with Gasteiger partial charge in [0.05, 0.1) is 36.5 Å². The van der Waals surface area contributed by atoms with Crippen molar-refractivity contribution < 1.29 is 14.6 Å². The number of pyridine rings is 1. The average Bonchev–Trinajstić information content (AvgIpc) is 3.46. The summed E-state index contributed by atoms with van der Waals surface area (Å²) in [4.78, 5) is 19.9. The molecule has 2 aromatic rings. The van der Waals surface area contributed by atoms with Crippen LogP contribution in [0.1, 0.15) is 44.7 Å². The summed E-state index contributed by atoms with van der Waals surface area (Å²) in [5, 5.41) is 10.9. The minimum Gasteiger partial charge on any atom is -0.486 e. The number of rotatable bonds is 4. The van der Waals surface area contributed by atoms with E-state index in [1.54, 1.807) is 0 Å². The van der Waals surface area contributed by atoms with E-state index in [1.165, 1.54) is 31.0 Å². The Hall–Kier alpha value is -2.14. The van der Waals surface area contributed by atoms with Gasteiger partial charge in [-0.2, -0.15) is 0 Å². The first-order valence-electron chi connectivity index (χ1n) is 13.1. The maximum absolute atomic E-state index is 10.2. The molecule has 10 heteroatoms. The Bertz CT molecular complexity index is 1170. The number of aliphatic hydroxyl groups excluding tert-OH is 1. The third-order valence-electron chi connectivity index (χ3n) is 9.18. The van der Waals surface area contributed by atoms with Crippen LogP contribution in [-0.2, 0) is 11.3 Å². The van der Waals surface area contributed by atoms with Crippen molar-refractivity contribution in [1.29, 1.82) is 0 Å². The van der Waals surface area contributed by atoms with E-state index in [1.807, 2.05) is 18.5 Å². The average molecular weight is 511 g/mol. The van der Waals surface area contributed by atoms with E-state index in [9.17, 15) is 5.11 Å². The minimum absolute atomic E-state index is 0.0481. The molecule has 3 N–H and O–H groups in total. The van der Waals surface area contributed by atoms with Crippen molar-refractivity contribution in [2.45, 2.75) is 73.7 Å². The molecule has 0 radical (unpaired) electrons. The van der Waals surface area contributed by atoms with Crippen LogP contribution in [-0.4, -0.2) is 71.1 Å². The molecule has 2 aromatic heterocycles. The third-order valence-corrected chi connectivity index (χ3v) is 10.1. The van der Waals surface area contributed by atoms with Gasteiger partial charge in [0.1, 0.15) is 17.3 Å². The molecule has 0 aromatic carbocycles. The van der Waals surface area contributed by atoms with Crippen LogP contribution in [0.5, 0.6) is 5.75 Å². The molecule has 4 fully saturated rings. The Morgan fingerprint density at radius 2 is 2.03 bits per heavy atom. The van der Waals surface area contributed by atoms with Gasteiger partial charge in [-0.05, 0) is 50.5 Å². The maximum atomic E-state index is 10.2. The largest absolute Gasteiger partial charge is 0.486 e. The van der Waals surface area contributed by atoms with Crippen LogP contribution in [0, 0.1) is 10.8 Å². The lowest BCUT2D eigenvalue weighted by atomic mass is 9.73. The first-order valence-corrected chi connectivity index (χ1v) is 14.0. The van der Waals surface area contributed by atoms with Gasteiger partial charge in [-0.3, -0.25) is 0 Å². The highest BCUT2D eigenvalue weighted by atomic mass is 32.2. The molecule has 0 bridgehead atoms. The van der Waals surface area contributed by atoms with Crippen molar-refractivity contribution in [2.24, 2.45) is 16.6 Å². The predicted molar refractivity (Wildman–Crippen MR) is 136 cm³/mol. The fourth-order valence-electron chi connectivity index (χ4n) is 6.69. The van der Waals surface area contributed by atoms with Crippen LogP contribution in [0.25, 0.3) is 0 Å². The van der Waals surface area contributed by atoms with E-state index in [4.69, 9.17) is 30.2 Å². The van der Waals surface area contributed by atoms with Crippen LogP contribution in [0.3, 0.4) is 0 Å². The zero-order valence-corrected chi connectivity index (χ0v) is 21.5. The van der Waals surface area contributed by atoms with Crippen molar-refractivity contribution in [2.75, 3.05) is 42.6 Å². The first kappa shape index (κ1) is 23.0. The summed E-state index contributed by atoms with van der Waals surface area (Å²) >= 11 is 1.52. The molecule has 3 saturated heterocycles. The molecule has 3 atom stereocenters. The number of hydrogen-bond donors (Lipinski definition) is 2. The molecule has 6 heterocycles. The van der Waals surface area contributed by atoms with Crippen molar-refractivity contribution in [3.8, 4) is 5.75 Å². The highest BCUT2D eigenvalue weighted by Crippen LogP contribution is 2.57. The van der Waals surface area contributed by atoms with Crippen LogP contribution in [0.4, 0.5) is 11.6 Å². The Balaban J connectivity index is 1.09. The first-order chi connectivity index (χ1) is 17.5. The van der Waals surface area contributed by atoms with Gasteiger partial charge < -0.3 is 30.1 Å².